The first kappa shape index (κ1) is 9.97. The predicted octanol–water partition coefficient (Wildman–Crippen LogP) is 1.32. The maximum atomic E-state index is 9.33. The van der Waals surface area contributed by atoms with Gasteiger partial charge in [0.1, 0.15) is 0 Å². The molecule has 1 saturated carbocycles. The Morgan fingerprint density at radius 3 is 2.71 bits per heavy atom. The van der Waals surface area contributed by atoms with Crippen LogP contribution in [0.4, 0.5) is 0 Å². The van der Waals surface area contributed by atoms with Gasteiger partial charge in [0.25, 0.3) is 0 Å². The first-order chi connectivity index (χ1) is 6.90. The molecule has 80 valence electrons. The Labute approximate surface area is 85.6 Å². The first-order valence-corrected chi connectivity index (χ1v) is 5.81. The molecule has 2 N–H and O–H groups in total. The van der Waals surface area contributed by atoms with Crippen LogP contribution in [0.2, 0.25) is 0 Å². The van der Waals surface area contributed by atoms with Gasteiger partial charge in [-0.05, 0) is 25.2 Å². The predicted molar refractivity (Wildman–Crippen MR) is 57.5 cm³/mol. The van der Waals surface area contributed by atoms with Gasteiger partial charge < -0.3 is 10.4 Å². The van der Waals surface area contributed by atoms with Gasteiger partial charge in [0, 0.05) is 13.0 Å². The second kappa shape index (κ2) is 4.78. The van der Waals surface area contributed by atoms with E-state index < -0.39 is 0 Å². The molecule has 0 aromatic heterocycles. The summed E-state index contributed by atoms with van der Waals surface area (Å²) in [6.45, 7) is 1.22. The number of nitrogens with one attached hydrogen (secondary N) is 1. The smallest absolute Gasteiger partial charge is 0.0966 e. The van der Waals surface area contributed by atoms with E-state index in [0.717, 1.165) is 18.8 Å². The highest BCUT2D eigenvalue weighted by Gasteiger charge is 2.25. The van der Waals surface area contributed by atoms with Crippen molar-refractivity contribution in [2.45, 2.75) is 44.6 Å². The molecule has 2 aliphatic rings. The van der Waals surface area contributed by atoms with Gasteiger partial charge in [0.05, 0.1) is 18.5 Å². The number of nitrogens with zero attached hydrogens (tertiary/aromatic N) is 1. The molecule has 1 aliphatic heterocycles. The lowest BCUT2D eigenvalue weighted by Crippen LogP contribution is -2.41. The van der Waals surface area contributed by atoms with Crippen LogP contribution in [0.1, 0.15) is 38.5 Å². The lowest BCUT2D eigenvalue weighted by Gasteiger charge is -2.23. The summed E-state index contributed by atoms with van der Waals surface area (Å²) in [6, 6.07) is 0.259. The van der Waals surface area contributed by atoms with E-state index in [-0.39, 0.29) is 12.6 Å². The van der Waals surface area contributed by atoms with Crippen LogP contribution in [-0.2, 0) is 0 Å². The van der Waals surface area contributed by atoms with E-state index in [1.807, 2.05) is 0 Å². The number of amidine groups is 1. The van der Waals surface area contributed by atoms with Gasteiger partial charge >= 0.3 is 0 Å². The summed E-state index contributed by atoms with van der Waals surface area (Å²) in [7, 11) is 0. The minimum absolute atomic E-state index is 0.254. The van der Waals surface area contributed by atoms with Gasteiger partial charge in [-0.15, -0.1) is 0 Å². The van der Waals surface area contributed by atoms with E-state index in [4.69, 9.17) is 0 Å². The molecule has 14 heavy (non-hydrogen) atoms. The molecule has 1 aliphatic carbocycles. The Bertz CT molecular complexity index is 209. The Morgan fingerprint density at radius 1 is 1.36 bits per heavy atom. The van der Waals surface area contributed by atoms with Crippen LogP contribution in [0.5, 0.6) is 0 Å². The van der Waals surface area contributed by atoms with E-state index in [1.165, 1.54) is 32.1 Å². The zero-order valence-electron chi connectivity index (χ0n) is 8.71. The molecule has 0 aromatic carbocycles. The van der Waals surface area contributed by atoms with Crippen molar-refractivity contribution in [3.8, 4) is 0 Å². The molecule has 0 radical (unpaired) electrons. The van der Waals surface area contributed by atoms with Gasteiger partial charge in [0.2, 0.25) is 0 Å². The van der Waals surface area contributed by atoms with Crippen LogP contribution < -0.4 is 5.32 Å². The number of hydrogen-bond donors (Lipinski definition) is 2. The van der Waals surface area contributed by atoms with Crippen molar-refractivity contribution in [1.82, 2.24) is 5.32 Å². The summed E-state index contributed by atoms with van der Waals surface area (Å²) in [5, 5.41) is 12.7. The lowest BCUT2D eigenvalue weighted by molar-refractivity contribution is 0.214. The first-order valence-electron chi connectivity index (χ1n) is 5.81. The second-order valence-corrected chi connectivity index (χ2v) is 4.41. The molecule has 1 heterocycles. The van der Waals surface area contributed by atoms with E-state index in [0.29, 0.717) is 5.92 Å². The van der Waals surface area contributed by atoms with Gasteiger partial charge in [-0.25, -0.2) is 0 Å². The highest BCUT2D eigenvalue weighted by molar-refractivity contribution is 5.83. The molecule has 0 saturated heterocycles. The molecule has 1 unspecified atom stereocenters. The highest BCUT2D eigenvalue weighted by Crippen LogP contribution is 2.27. The van der Waals surface area contributed by atoms with Crippen LogP contribution in [-0.4, -0.2) is 30.1 Å². The number of aliphatic hydroxyl groups excluding tert-OH is 1. The highest BCUT2D eigenvalue weighted by atomic mass is 16.3. The summed E-state index contributed by atoms with van der Waals surface area (Å²) in [4.78, 5) is 4.39. The van der Waals surface area contributed by atoms with Crippen molar-refractivity contribution in [2.75, 3.05) is 13.2 Å². The minimum atomic E-state index is 0.254. The van der Waals surface area contributed by atoms with Crippen molar-refractivity contribution >= 4 is 5.84 Å². The van der Waals surface area contributed by atoms with Crippen LogP contribution in [0.3, 0.4) is 0 Å². The van der Waals surface area contributed by atoms with E-state index >= 15 is 0 Å². The Hall–Kier alpha value is -0.570. The third kappa shape index (κ3) is 2.27. The van der Waals surface area contributed by atoms with Crippen molar-refractivity contribution in [1.29, 1.82) is 0 Å². The second-order valence-electron chi connectivity index (χ2n) is 4.41. The molecule has 0 bridgehead atoms. The SMILES string of the molecule is OCC(NC1=NCCC1)C1CCCC1. The average molecular weight is 196 g/mol. The van der Waals surface area contributed by atoms with Gasteiger partial charge in [-0.2, -0.15) is 0 Å². The fourth-order valence-corrected chi connectivity index (χ4v) is 2.54. The molecule has 3 nitrogen and oxygen atoms in total. The van der Waals surface area contributed by atoms with Gasteiger partial charge in [-0.3, -0.25) is 4.99 Å². The monoisotopic (exact) mass is 196 g/mol. The van der Waals surface area contributed by atoms with E-state index in [2.05, 4.69) is 10.3 Å². The number of aliphatic hydroxyl groups is 1. The Morgan fingerprint density at radius 2 is 2.14 bits per heavy atom. The Balaban J connectivity index is 1.85. The summed E-state index contributed by atoms with van der Waals surface area (Å²) in [5.41, 5.74) is 0. The van der Waals surface area contributed by atoms with Crippen molar-refractivity contribution in [2.24, 2.45) is 10.9 Å². The number of aliphatic imine (C=N–C) groups is 1. The summed E-state index contributed by atoms with van der Waals surface area (Å²) >= 11 is 0. The van der Waals surface area contributed by atoms with Crippen LogP contribution >= 0.6 is 0 Å². The van der Waals surface area contributed by atoms with Crippen LogP contribution in [0.25, 0.3) is 0 Å². The van der Waals surface area contributed by atoms with Crippen molar-refractivity contribution in [3.63, 3.8) is 0 Å². The zero-order valence-corrected chi connectivity index (χ0v) is 8.71. The standard InChI is InChI=1S/C11H20N2O/c14-8-10(9-4-1-2-5-9)13-11-6-3-7-12-11/h9-10,14H,1-8H2,(H,12,13). The van der Waals surface area contributed by atoms with Crippen molar-refractivity contribution in [3.05, 3.63) is 0 Å². The minimum Gasteiger partial charge on any atom is -0.394 e. The van der Waals surface area contributed by atoms with Crippen molar-refractivity contribution < 1.29 is 5.11 Å². The molecule has 0 aromatic rings. The summed E-state index contributed by atoms with van der Waals surface area (Å²) in [6.07, 6.45) is 7.44. The topological polar surface area (TPSA) is 44.6 Å². The zero-order chi connectivity index (χ0) is 9.80. The maximum absolute atomic E-state index is 9.33. The van der Waals surface area contributed by atoms with Gasteiger partial charge in [-0.1, -0.05) is 12.8 Å². The maximum Gasteiger partial charge on any atom is 0.0966 e. The molecule has 3 heteroatoms. The summed E-state index contributed by atoms with van der Waals surface area (Å²) in [5.74, 6) is 1.79. The quantitative estimate of drug-likeness (QED) is 0.715. The molecular weight excluding hydrogens is 176 g/mol. The molecule has 0 spiro atoms. The molecule has 1 atom stereocenters. The lowest BCUT2D eigenvalue weighted by atomic mass is 9.98. The van der Waals surface area contributed by atoms with E-state index in [1.54, 1.807) is 0 Å². The fourth-order valence-electron chi connectivity index (χ4n) is 2.54. The summed E-state index contributed by atoms with van der Waals surface area (Å²) < 4.78 is 0. The number of hydrogen-bond acceptors (Lipinski definition) is 3. The van der Waals surface area contributed by atoms with Crippen LogP contribution in [0, 0.1) is 5.92 Å². The van der Waals surface area contributed by atoms with Crippen LogP contribution in [0.15, 0.2) is 4.99 Å². The molecule has 2 rings (SSSR count). The third-order valence-corrected chi connectivity index (χ3v) is 3.39. The fraction of sp³-hybridized carbons (Fsp3) is 0.909. The molecule has 1 fully saturated rings. The average Bonchev–Trinajstić information content (AvgIpc) is 2.86. The normalized spacial score (nSPS) is 25.1. The Kier molecular flexibility index (Phi) is 3.40. The van der Waals surface area contributed by atoms with Gasteiger partial charge in [0.15, 0.2) is 0 Å². The molecular formula is C11H20N2O. The third-order valence-electron chi connectivity index (χ3n) is 3.39. The molecule has 0 amide bonds. The van der Waals surface area contributed by atoms with E-state index in [9.17, 15) is 5.11 Å². The largest absolute Gasteiger partial charge is 0.394 e. The number of rotatable bonds is 3.